The van der Waals surface area contributed by atoms with Gasteiger partial charge in [0.05, 0.1) is 6.07 Å². The number of nitriles is 1. The SMILES string of the molecule is N#C[C@@H](NCCc1ccccc1)c1ccc(Cl)cc1. The summed E-state index contributed by atoms with van der Waals surface area (Å²) in [6.45, 7) is 0.769. The lowest BCUT2D eigenvalue weighted by Gasteiger charge is -2.12. The standard InChI is InChI=1S/C16H15ClN2/c17-15-8-6-14(7-9-15)16(12-18)19-11-10-13-4-2-1-3-5-13/h1-9,16,19H,10-11H2/t16-/m1/s1. The Balaban J connectivity index is 1.90. The first kappa shape index (κ1) is 13.6. The third kappa shape index (κ3) is 4.10. The van der Waals surface area contributed by atoms with Crippen LogP contribution < -0.4 is 5.32 Å². The molecule has 0 aliphatic heterocycles. The largest absolute Gasteiger partial charge is 0.298 e. The highest BCUT2D eigenvalue weighted by atomic mass is 35.5. The lowest BCUT2D eigenvalue weighted by Crippen LogP contribution is -2.22. The molecule has 0 saturated carbocycles. The number of hydrogen-bond donors (Lipinski definition) is 1. The Hall–Kier alpha value is -1.82. The Kier molecular flexibility index (Phi) is 4.97. The lowest BCUT2D eigenvalue weighted by atomic mass is 10.1. The van der Waals surface area contributed by atoms with E-state index in [1.807, 2.05) is 30.3 Å². The van der Waals surface area contributed by atoms with Crippen molar-refractivity contribution in [2.45, 2.75) is 12.5 Å². The molecule has 2 nitrogen and oxygen atoms in total. The average molecular weight is 271 g/mol. The number of rotatable bonds is 5. The molecule has 3 heteroatoms. The van der Waals surface area contributed by atoms with Crippen molar-refractivity contribution < 1.29 is 0 Å². The Labute approximate surface area is 118 Å². The van der Waals surface area contributed by atoms with Crippen LogP contribution in [0.5, 0.6) is 0 Å². The van der Waals surface area contributed by atoms with Gasteiger partial charge >= 0.3 is 0 Å². The fourth-order valence-corrected chi connectivity index (χ4v) is 2.02. The summed E-state index contributed by atoms with van der Waals surface area (Å²) in [5.41, 5.74) is 2.21. The van der Waals surface area contributed by atoms with E-state index in [9.17, 15) is 5.26 Å². The molecule has 0 aromatic heterocycles. The van der Waals surface area contributed by atoms with E-state index >= 15 is 0 Å². The molecular formula is C16H15ClN2. The molecule has 0 saturated heterocycles. The minimum atomic E-state index is -0.291. The lowest BCUT2D eigenvalue weighted by molar-refractivity contribution is 0.629. The first-order chi connectivity index (χ1) is 9.29. The summed E-state index contributed by atoms with van der Waals surface area (Å²) in [7, 11) is 0. The first-order valence-electron chi connectivity index (χ1n) is 6.22. The summed E-state index contributed by atoms with van der Waals surface area (Å²) < 4.78 is 0. The summed E-state index contributed by atoms with van der Waals surface area (Å²) in [5, 5.41) is 13.1. The summed E-state index contributed by atoms with van der Waals surface area (Å²) in [5.74, 6) is 0. The summed E-state index contributed by atoms with van der Waals surface area (Å²) in [4.78, 5) is 0. The van der Waals surface area contributed by atoms with Crippen molar-refractivity contribution in [3.8, 4) is 6.07 Å². The molecule has 0 unspecified atom stereocenters. The second kappa shape index (κ2) is 6.94. The second-order valence-electron chi connectivity index (χ2n) is 4.30. The summed E-state index contributed by atoms with van der Waals surface area (Å²) in [6, 6.07) is 19.6. The van der Waals surface area contributed by atoms with Crippen LogP contribution in [0.2, 0.25) is 5.02 Å². The van der Waals surface area contributed by atoms with Gasteiger partial charge in [-0.25, -0.2) is 0 Å². The Morgan fingerprint density at radius 1 is 1.05 bits per heavy atom. The fraction of sp³-hybridized carbons (Fsp3) is 0.188. The van der Waals surface area contributed by atoms with Gasteiger partial charge in [-0.05, 0) is 29.7 Å². The maximum Gasteiger partial charge on any atom is 0.121 e. The highest BCUT2D eigenvalue weighted by molar-refractivity contribution is 6.30. The molecule has 2 rings (SSSR count). The molecule has 19 heavy (non-hydrogen) atoms. The van der Waals surface area contributed by atoms with Crippen LogP contribution in [-0.2, 0) is 6.42 Å². The van der Waals surface area contributed by atoms with Gasteiger partial charge in [-0.1, -0.05) is 54.1 Å². The van der Waals surface area contributed by atoms with Crippen molar-refractivity contribution in [1.82, 2.24) is 5.32 Å². The smallest absolute Gasteiger partial charge is 0.121 e. The van der Waals surface area contributed by atoms with E-state index in [0.717, 1.165) is 18.5 Å². The Morgan fingerprint density at radius 3 is 2.37 bits per heavy atom. The molecule has 2 aromatic carbocycles. The number of nitrogens with zero attached hydrogens (tertiary/aromatic N) is 1. The van der Waals surface area contributed by atoms with Gasteiger partial charge in [-0.2, -0.15) is 5.26 Å². The van der Waals surface area contributed by atoms with Crippen molar-refractivity contribution in [3.63, 3.8) is 0 Å². The highest BCUT2D eigenvalue weighted by Gasteiger charge is 2.08. The first-order valence-corrected chi connectivity index (χ1v) is 6.60. The van der Waals surface area contributed by atoms with Gasteiger partial charge in [0, 0.05) is 11.6 Å². The van der Waals surface area contributed by atoms with Crippen LogP contribution in [0.4, 0.5) is 0 Å². The van der Waals surface area contributed by atoms with E-state index in [1.54, 1.807) is 12.1 Å². The van der Waals surface area contributed by atoms with Crippen molar-refractivity contribution in [1.29, 1.82) is 5.26 Å². The number of nitrogens with one attached hydrogen (secondary N) is 1. The number of hydrogen-bond acceptors (Lipinski definition) is 2. The zero-order chi connectivity index (χ0) is 13.5. The third-order valence-electron chi connectivity index (χ3n) is 2.94. The second-order valence-corrected chi connectivity index (χ2v) is 4.74. The maximum absolute atomic E-state index is 9.20. The van der Waals surface area contributed by atoms with Gasteiger partial charge in [0.2, 0.25) is 0 Å². The summed E-state index contributed by atoms with van der Waals surface area (Å²) in [6.07, 6.45) is 0.909. The minimum absolute atomic E-state index is 0.291. The Bertz CT molecular complexity index is 543. The van der Waals surface area contributed by atoms with Crippen LogP contribution in [0, 0.1) is 11.3 Å². The zero-order valence-corrected chi connectivity index (χ0v) is 11.3. The predicted molar refractivity (Wildman–Crippen MR) is 78.0 cm³/mol. The molecule has 2 aromatic rings. The van der Waals surface area contributed by atoms with Gasteiger partial charge in [-0.3, -0.25) is 5.32 Å². The predicted octanol–water partition coefficient (Wildman–Crippen LogP) is 3.74. The summed E-state index contributed by atoms with van der Waals surface area (Å²) >= 11 is 5.84. The number of benzene rings is 2. The minimum Gasteiger partial charge on any atom is -0.298 e. The van der Waals surface area contributed by atoms with E-state index in [0.29, 0.717) is 5.02 Å². The molecule has 0 spiro atoms. The van der Waals surface area contributed by atoms with Crippen LogP contribution in [0.25, 0.3) is 0 Å². The van der Waals surface area contributed by atoms with Crippen molar-refractivity contribution in [2.75, 3.05) is 6.54 Å². The highest BCUT2D eigenvalue weighted by Crippen LogP contribution is 2.15. The molecule has 0 aliphatic carbocycles. The molecule has 1 N–H and O–H groups in total. The van der Waals surface area contributed by atoms with E-state index in [-0.39, 0.29) is 6.04 Å². The van der Waals surface area contributed by atoms with Crippen molar-refractivity contribution >= 4 is 11.6 Å². The molecule has 0 amide bonds. The topological polar surface area (TPSA) is 35.8 Å². The third-order valence-corrected chi connectivity index (χ3v) is 3.19. The average Bonchev–Trinajstić information content (AvgIpc) is 2.46. The van der Waals surface area contributed by atoms with Gasteiger partial charge in [0.1, 0.15) is 6.04 Å². The molecule has 0 fully saturated rings. The molecule has 96 valence electrons. The quantitative estimate of drug-likeness (QED) is 0.898. The van der Waals surface area contributed by atoms with Crippen LogP contribution in [0.15, 0.2) is 54.6 Å². The number of halogens is 1. The fourth-order valence-electron chi connectivity index (χ4n) is 1.90. The van der Waals surface area contributed by atoms with E-state index in [4.69, 9.17) is 11.6 Å². The molecule has 0 aliphatic rings. The van der Waals surface area contributed by atoms with Crippen molar-refractivity contribution in [3.05, 3.63) is 70.7 Å². The van der Waals surface area contributed by atoms with E-state index < -0.39 is 0 Å². The molecular weight excluding hydrogens is 256 g/mol. The normalized spacial score (nSPS) is 11.8. The van der Waals surface area contributed by atoms with Crippen molar-refractivity contribution in [2.24, 2.45) is 0 Å². The van der Waals surface area contributed by atoms with Crippen LogP contribution in [-0.4, -0.2) is 6.54 Å². The van der Waals surface area contributed by atoms with E-state index in [2.05, 4.69) is 23.5 Å². The molecule has 1 atom stereocenters. The van der Waals surface area contributed by atoms with Crippen LogP contribution in [0.3, 0.4) is 0 Å². The van der Waals surface area contributed by atoms with Crippen LogP contribution >= 0.6 is 11.6 Å². The van der Waals surface area contributed by atoms with Gasteiger partial charge in [-0.15, -0.1) is 0 Å². The molecule has 0 heterocycles. The molecule has 0 radical (unpaired) electrons. The van der Waals surface area contributed by atoms with Crippen LogP contribution in [0.1, 0.15) is 17.2 Å². The zero-order valence-electron chi connectivity index (χ0n) is 10.5. The maximum atomic E-state index is 9.20. The monoisotopic (exact) mass is 270 g/mol. The van der Waals surface area contributed by atoms with Gasteiger partial charge in [0.15, 0.2) is 0 Å². The van der Waals surface area contributed by atoms with Gasteiger partial charge < -0.3 is 0 Å². The van der Waals surface area contributed by atoms with E-state index in [1.165, 1.54) is 5.56 Å². The molecule has 0 bridgehead atoms. The van der Waals surface area contributed by atoms with Gasteiger partial charge in [0.25, 0.3) is 0 Å². The Morgan fingerprint density at radius 2 is 1.74 bits per heavy atom.